The van der Waals surface area contributed by atoms with Crippen molar-refractivity contribution in [3.05, 3.63) is 110 Å². The molecule has 27 heavy (non-hydrogen) atoms. The van der Waals surface area contributed by atoms with E-state index in [1.807, 2.05) is 91.0 Å². The van der Waals surface area contributed by atoms with Gasteiger partial charge in [0, 0.05) is 13.6 Å². The maximum atomic E-state index is 13.3. The molecule has 4 rings (SSSR count). The summed E-state index contributed by atoms with van der Waals surface area (Å²) in [6, 6.07) is 26.0. The van der Waals surface area contributed by atoms with Gasteiger partial charge in [-0.1, -0.05) is 64.5 Å². The second-order valence-corrected chi connectivity index (χ2v) is 8.33. The van der Waals surface area contributed by atoms with Gasteiger partial charge in [0.25, 0.3) is 5.91 Å². The molecule has 0 N–H and O–H groups in total. The van der Waals surface area contributed by atoms with Crippen LogP contribution in [0.4, 0.5) is 5.69 Å². The molecule has 1 heterocycles. The van der Waals surface area contributed by atoms with Gasteiger partial charge in [0.1, 0.15) is 0 Å². The Hall–Kier alpha value is -2.18. The first-order chi connectivity index (χ1) is 13.1. The Morgan fingerprint density at radius 1 is 0.889 bits per heavy atom. The molecule has 3 aromatic carbocycles. The Morgan fingerprint density at radius 2 is 1.63 bits per heavy atom. The van der Waals surface area contributed by atoms with Crippen LogP contribution in [0.3, 0.4) is 0 Å². The van der Waals surface area contributed by atoms with Gasteiger partial charge in [-0.3, -0.25) is 9.69 Å². The standard InChI is InChI=1S/C23H15BrINO/c24-19-11-9-16(10-12-19)13-18-14-22(17-5-2-1-3-6-17)26(23(18)27)21-8-4-7-20(25)15-21/h1-15H/b18-13+. The van der Waals surface area contributed by atoms with Crippen LogP contribution >= 0.6 is 38.5 Å². The van der Waals surface area contributed by atoms with Gasteiger partial charge in [-0.05, 0) is 76.2 Å². The van der Waals surface area contributed by atoms with E-state index in [0.717, 1.165) is 30.6 Å². The molecular weight excluding hydrogens is 513 g/mol. The quantitative estimate of drug-likeness (QED) is 0.280. The molecule has 3 aromatic rings. The first kappa shape index (κ1) is 18.2. The van der Waals surface area contributed by atoms with Gasteiger partial charge in [-0.25, -0.2) is 0 Å². The van der Waals surface area contributed by atoms with Gasteiger partial charge < -0.3 is 0 Å². The van der Waals surface area contributed by atoms with Crippen molar-refractivity contribution in [1.82, 2.24) is 0 Å². The highest BCUT2D eigenvalue weighted by Gasteiger charge is 2.30. The second kappa shape index (κ2) is 7.82. The number of anilines is 1. The number of halogens is 2. The molecule has 132 valence electrons. The predicted molar refractivity (Wildman–Crippen MR) is 123 cm³/mol. The van der Waals surface area contributed by atoms with Gasteiger partial charge in [0.2, 0.25) is 0 Å². The molecule has 0 spiro atoms. The van der Waals surface area contributed by atoms with Crippen LogP contribution in [-0.4, -0.2) is 5.91 Å². The van der Waals surface area contributed by atoms with Crippen molar-refractivity contribution >= 4 is 61.9 Å². The van der Waals surface area contributed by atoms with Crippen LogP contribution in [0.25, 0.3) is 11.8 Å². The monoisotopic (exact) mass is 527 g/mol. The van der Waals surface area contributed by atoms with E-state index >= 15 is 0 Å². The number of nitrogens with zero attached hydrogens (tertiary/aromatic N) is 1. The zero-order valence-electron chi connectivity index (χ0n) is 14.3. The van der Waals surface area contributed by atoms with Crippen LogP contribution in [0, 0.1) is 3.57 Å². The van der Waals surface area contributed by atoms with Crippen molar-refractivity contribution in [3.63, 3.8) is 0 Å². The van der Waals surface area contributed by atoms with Crippen molar-refractivity contribution < 1.29 is 4.79 Å². The smallest absolute Gasteiger partial charge is 0.262 e. The first-order valence-corrected chi connectivity index (χ1v) is 10.3. The highest BCUT2D eigenvalue weighted by atomic mass is 127. The van der Waals surface area contributed by atoms with Gasteiger partial charge in [0.05, 0.1) is 11.4 Å². The number of hydrogen-bond acceptors (Lipinski definition) is 1. The van der Waals surface area contributed by atoms with E-state index < -0.39 is 0 Å². The summed E-state index contributed by atoms with van der Waals surface area (Å²) in [7, 11) is 0. The fourth-order valence-corrected chi connectivity index (χ4v) is 3.84. The van der Waals surface area contributed by atoms with Crippen LogP contribution in [-0.2, 0) is 4.79 Å². The fourth-order valence-electron chi connectivity index (χ4n) is 3.05. The zero-order valence-corrected chi connectivity index (χ0v) is 18.0. The van der Waals surface area contributed by atoms with E-state index in [2.05, 4.69) is 38.5 Å². The third-order valence-electron chi connectivity index (χ3n) is 4.31. The van der Waals surface area contributed by atoms with Crippen molar-refractivity contribution in [3.8, 4) is 0 Å². The first-order valence-electron chi connectivity index (χ1n) is 8.46. The minimum Gasteiger partial charge on any atom is -0.276 e. The summed E-state index contributed by atoms with van der Waals surface area (Å²) in [6.45, 7) is 0. The largest absolute Gasteiger partial charge is 0.276 e. The van der Waals surface area contributed by atoms with E-state index in [0.29, 0.717) is 5.57 Å². The van der Waals surface area contributed by atoms with Crippen LogP contribution in [0.2, 0.25) is 0 Å². The molecule has 1 aliphatic rings. The number of rotatable bonds is 3. The predicted octanol–water partition coefficient (Wildman–Crippen LogP) is 6.53. The number of carbonyl (C=O) groups is 1. The van der Waals surface area contributed by atoms with Crippen LogP contribution in [0.1, 0.15) is 11.1 Å². The van der Waals surface area contributed by atoms with E-state index in [-0.39, 0.29) is 5.91 Å². The Balaban J connectivity index is 1.82. The molecule has 0 atom stereocenters. The number of amides is 1. The normalized spacial score (nSPS) is 15.3. The summed E-state index contributed by atoms with van der Waals surface area (Å²) in [5, 5.41) is 0. The summed E-state index contributed by atoms with van der Waals surface area (Å²) in [6.07, 6.45) is 3.91. The molecule has 0 aromatic heterocycles. The molecule has 0 unspecified atom stereocenters. The molecule has 0 saturated heterocycles. The van der Waals surface area contributed by atoms with Gasteiger partial charge in [-0.2, -0.15) is 0 Å². The zero-order chi connectivity index (χ0) is 18.8. The van der Waals surface area contributed by atoms with E-state index in [1.54, 1.807) is 4.90 Å². The molecule has 2 nitrogen and oxygen atoms in total. The third kappa shape index (κ3) is 3.92. The summed E-state index contributed by atoms with van der Waals surface area (Å²) in [5.74, 6) is -0.0150. The Morgan fingerprint density at radius 3 is 2.33 bits per heavy atom. The lowest BCUT2D eigenvalue weighted by Crippen LogP contribution is -2.25. The van der Waals surface area contributed by atoms with Crippen molar-refractivity contribution in [2.75, 3.05) is 4.90 Å². The van der Waals surface area contributed by atoms with E-state index in [9.17, 15) is 4.79 Å². The molecular formula is C23H15BrINO. The molecule has 1 amide bonds. The Labute approximate surface area is 180 Å². The molecule has 0 aliphatic carbocycles. The Bertz CT molecular complexity index is 1060. The summed E-state index contributed by atoms with van der Waals surface area (Å²) < 4.78 is 2.11. The lowest BCUT2D eigenvalue weighted by Gasteiger charge is -2.21. The SMILES string of the molecule is O=C1/C(=C/c2ccc(Br)cc2)C=C(c2ccccc2)N1c1cccc(I)c1. The molecule has 0 saturated carbocycles. The summed E-state index contributed by atoms with van der Waals surface area (Å²) in [4.78, 5) is 15.1. The number of carbonyl (C=O) groups excluding carboxylic acids is 1. The van der Waals surface area contributed by atoms with Crippen molar-refractivity contribution in [1.29, 1.82) is 0 Å². The van der Waals surface area contributed by atoms with E-state index in [1.165, 1.54) is 0 Å². The minimum absolute atomic E-state index is 0.0150. The lowest BCUT2D eigenvalue weighted by atomic mass is 10.1. The highest BCUT2D eigenvalue weighted by molar-refractivity contribution is 14.1. The molecule has 1 aliphatic heterocycles. The second-order valence-electron chi connectivity index (χ2n) is 6.17. The molecule has 0 fully saturated rings. The lowest BCUT2D eigenvalue weighted by molar-refractivity contribution is -0.113. The number of benzene rings is 3. The van der Waals surface area contributed by atoms with Crippen LogP contribution in [0.15, 0.2) is 95.0 Å². The van der Waals surface area contributed by atoms with Crippen LogP contribution < -0.4 is 4.90 Å². The molecule has 0 bridgehead atoms. The maximum absolute atomic E-state index is 13.3. The van der Waals surface area contributed by atoms with Crippen molar-refractivity contribution in [2.24, 2.45) is 0 Å². The third-order valence-corrected chi connectivity index (χ3v) is 5.51. The molecule has 4 heteroatoms. The summed E-state index contributed by atoms with van der Waals surface area (Å²) >= 11 is 5.72. The fraction of sp³-hybridized carbons (Fsp3) is 0. The number of hydrogen-bond donors (Lipinski definition) is 0. The van der Waals surface area contributed by atoms with Crippen LogP contribution in [0.5, 0.6) is 0 Å². The maximum Gasteiger partial charge on any atom is 0.262 e. The average Bonchev–Trinajstić information content (AvgIpc) is 3.01. The molecule has 0 radical (unpaired) electrons. The van der Waals surface area contributed by atoms with E-state index in [4.69, 9.17) is 0 Å². The summed E-state index contributed by atoms with van der Waals surface area (Å²) in [5.41, 5.74) is 4.46. The van der Waals surface area contributed by atoms with Gasteiger partial charge in [-0.15, -0.1) is 0 Å². The average molecular weight is 528 g/mol. The van der Waals surface area contributed by atoms with Gasteiger partial charge >= 0.3 is 0 Å². The van der Waals surface area contributed by atoms with Crippen molar-refractivity contribution in [2.45, 2.75) is 0 Å². The highest BCUT2D eigenvalue weighted by Crippen LogP contribution is 2.35. The minimum atomic E-state index is -0.0150. The Kier molecular flexibility index (Phi) is 5.27. The topological polar surface area (TPSA) is 20.3 Å². The van der Waals surface area contributed by atoms with Gasteiger partial charge in [0.15, 0.2) is 0 Å².